The lowest BCUT2D eigenvalue weighted by molar-refractivity contribution is -0.274. The van der Waals surface area contributed by atoms with Crippen molar-refractivity contribution >= 4 is 21.8 Å². The fourth-order valence-electron chi connectivity index (χ4n) is 1.30. The van der Waals surface area contributed by atoms with E-state index in [-0.39, 0.29) is 24.3 Å². The second-order valence-corrected chi connectivity index (χ2v) is 5.01. The highest BCUT2D eigenvalue weighted by Crippen LogP contribution is 2.32. The Kier molecular flexibility index (Phi) is 5.67. The molecule has 1 aromatic rings. The fourth-order valence-corrected chi connectivity index (χ4v) is 1.66. The van der Waals surface area contributed by atoms with Gasteiger partial charge in [0.2, 0.25) is 0 Å². The highest BCUT2D eigenvalue weighted by Gasteiger charge is 2.31. The van der Waals surface area contributed by atoms with Gasteiger partial charge in [-0.25, -0.2) is 0 Å². The minimum absolute atomic E-state index is 0.0468. The minimum atomic E-state index is -4.78. The van der Waals surface area contributed by atoms with Crippen LogP contribution in [0.4, 0.5) is 13.2 Å². The van der Waals surface area contributed by atoms with E-state index in [0.717, 1.165) is 12.1 Å². The van der Waals surface area contributed by atoms with E-state index in [4.69, 9.17) is 4.74 Å². The van der Waals surface area contributed by atoms with Crippen LogP contribution in [0.5, 0.6) is 11.5 Å². The Morgan fingerprint density at radius 3 is 2.60 bits per heavy atom. The Hall–Kier alpha value is -1.44. The molecule has 1 aromatic carbocycles. The molecular formula is C12H13BrF3NO3. The number of benzene rings is 1. The van der Waals surface area contributed by atoms with Crippen LogP contribution in [0.1, 0.15) is 13.8 Å². The average Bonchev–Trinajstić information content (AvgIpc) is 2.27. The predicted molar refractivity (Wildman–Crippen MR) is 69.6 cm³/mol. The quantitative estimate of drug-likeness (QED) is 0.881. The summed E-state index contributed by atoms with van der Waals surface area (Å²) in [4.78, 5) is 11.4. The number of carbonyl (C=O) groups is 1. The van der Waals surface area contributed by atoms with Gasteiger partial charge in [0.15, 0.2) is 6.61 Å². The third kappa shape index (κ3) is 6.14. The van der Waals surface area contributed by atoms with Gasteiger partial charge in [0, 0.05) is 12.1 Å². The van der Waals surface area contributed by atoms with Gasteiger partial charge in [0.1, 0.15) is 11.5 Å². The maximum absolute atomic E-state index is 12.1. The molecule has 0 aliphatic heterocycles. The number of alkyl halides is 3. The van der Waals surface area contributed by atoms with Gasteiger partial charge in [-0.15, -0.1) is 13.2 Å². The molecule has 0 atom stereocenters. The highest BCUT2D eigenvalue weighted by molar-refractivity contribution is 9.10. The topological polar surface area (TPSA) is 47.6 Å². The summed E-state index contributed by atoms with van der Waals surface area (Å²) in [6.07, 6.45) is -4.78. The van der Waals surface area contributed by atoms with Crippen LogP contribution in [0.15, 0.2) is 22.7 Å². The van der Waals surface area contributed by atoms with Crippen molar-refractivity contribution in [2.45, 2.75) is 26.3 Å². The lowest BCUT2D eigenvalue weighted by Crippen LogP contribution is -2.34. The second-order valence-electron chi connectivity index (χ2n) is 4.15. The van der Waals surface area contributed by atoms with E-state index in [1.165, 1.54) is 6.07 Å². The summed E-state index contributed by atoms with van der Waals surface area (Å²) in [5, 5.41) is 2.59. The molecule has 0 aliphatic carbocycles. The average molecular weight is 356 g/mol. The number of rotatable bonds is 5. The number of ether oxygens (including phenoxy) is 2. The van der Waals surface area contributed by atoms with Gasteiger partial charge in [-0.05, 0) is 41.9 Å². The Balaban J connectivity index is 2.69. The van der Waals surface area contributed by atoms with Gasteiger partial charge in [-0.1, -0.05) is 0 Å². The zero-order valence-electron chi connectivity index (χ0n) is 10.8. The number of hydrogen-bond acceptors (Lipinski definition) is 3. The zero-order chi connectivity index (χ0) is 15.3. The molecule has 0 saturated carbocycles. The van der Waals surface area contributed by atoms with E-state index in [1.807, 2.05) is 0 Å². The molecule has 8 heteroatoms. The second kappa shape index (κ2) is 6.83. The molecule has 0 saturated heterocycles. The Bertz CT molecular complexity index is 478. The van der Waals surface area contributed by atoms with E-state index in [2.05, 4.69) is 26.0 Å². The molecular weight excluding hydrogens is 343 g/mol. The zero-order valence-corrected chi connectivity index (χ0v) is 12.3. The van der Waals surface area contributed by atoms with Gasteiger partial charge >= 0.3 is 6.36 Å². The Morgan fingerprint density at radius 1 is 1.40 bits per heavy atom. The van der Waals surface area contributed by atoms with Crippen LogP contribution in [-0.4, -0.2) is 24.9 Å². The summed E-state index contributed by atoms with van der Waals surface area (Å²) in [5.41, 5.74) is 0. The number of carbonyl (C=O) groups excluding carboxylic acids is 1. The summed E-state index contributed by atoms with van der Waals surface area (Å²) < 4.78 is 45.6. The first-order valence-electron chi connectivity index (χ1n) is 5.65. The lowest BCUT2D eigenvalue weighted by Gasteiger charge is -2.13. The summed E-state index contributed by atoms with van der Waals surface area (Å²) in [7, 11) is 0. The summed E-state index contributed by atoms with van der Waals surface area (Å²) >= 11 is 3.12. The molecule has 1 amide bonds. The standard InChI is InChI=1S/C12H13BrF3NO3/c1-7(2)17-11(18)6-19-10-5-8(3-4-9(10)13)20-12(14,15)16/h3-5,7H,6H2,1-2H3,(H,17,18). The van der Waals surface area contributed by atoms with Crippen LogP contribution in [0.2, 0.25) is 0 Å². The molecule has 0 aliphatic rings. The molecule has 0 unspecified atom stereocenters. The third-order valence-corrected chi connectivity index (χ3v) is 2.60. The van der Waals surface area contributed by atoms with Crippen molar-refractivity contribution in [1.82, 2.24) is 5.32 Å². The van der Waals surface area contributed by atoms with Crippen molar-refractivity contribution < 1.29 is 27.4 Å². The number of nitrogens with one attached hydrogen (secondary N) is 1. The van der Waals surface area contributed by atoms with Crippen LogP contribution in [0.3, 0.4) is 0 Å². The van der Waals surface area contributed by atoms with E-state index < -0.39 is 12.1 Å². The first kappa shape index (κ1) is 16.6. The number of halogens is 4. The maximum atomic E-state index is 12.1. The van der Waals surface area contributed by atoms with Gasteiger partial charge in [-0.3, -0.25) is 4.79 Å². The molecule has 112 valence electrons. The van der Waals surface area contributed by atoms with Crippen LogP contribution in [-0.2, 0) is 4.79 Å². The van der Waals surface area contributed by atoms with Crippen molar-refractivity contribution in [3.05, 3.63) is 22.7 Å². The van der Waals surface area contributed by atoms with Crippen LogP contribution in [0, 0.1) is 0 Å². The van der Waals surface area contributed by atoms with E-state index in [9.17, 15) is 18.0 Å². The molecule has 0 heterocycles. The monoisotopic (exact) mass is 355 g/mol. The first-order valence-corrected chi connectivity index (χ1v) is 6.44. The third-order valence-electron chi connectivity index (χ3n) is 1.94. The summed E-state index contributed by atoms with van der Waals surface area (Å²) in [5.74, 6) is -0.695. The number of hydrogen-bond donors (Lipinski definition) is 1. The highest BCUT2D eigenvalue weighted by atomic mass is 79.9. The summed E-state index contributed by atoms with van der Waals surface area (Å²) in [6.45, 7) is 3.27. The smallest absolute Gasteiger partial charge is 0.482 e. The summed E-state index contributed by atoms with van der Waals surface area (Å²) in [6, 6.07) is 3.49. The van der Waals surface area contributed by atoms with Gasteiger partial charge in [0.25, 0.3) is 5.91 Å². The van der Waals surface area contributed by atoms with Crippen molar-refractivity contribution in [3.8, 4) is 11.5 Å². The molecule has 0 radical (unpaired) electrons. The van der Waals surface area contributed by atoms with Crippen molar-refractivity contribution in [2.24, 2.45) is 0 Å². The first-order chi connectivity index (χ1) is 9.17. The molecule has 20 heavy (non-hydrogen) atoms. The molecule has 0 spiro atoms. The van der Waals surface area contributed by atoms with E-state index in [0.29, 0.717) is 4.47 Å². The molecule has 0 fully saturated rings. The van der Waals surface area contributed by atoms with Crippen molar-refractivity contribution in [2.75, 3.05) is 6.61 Å². The van der Waals surface area contributed by atoms with E-state index >= 15 is 0 Å². The number of amides is 1. The maximum Gasteiger partial charge on any atom is 0.573 e. The Labute approximate surface area is 122 Å². The SMILES string of the molecule is CC(C)NC(=O)COc1cc(OC(F)(F)F)ccc1Br. The molecule has 0 bridgehead atoms. The van der Waals surface area contributed by atoms with Crippen LogP contribution < -0.4 is 14.8 Å². The molecule has 1 rings (SSSR count). The fraction of sp³-hybridized carbons (Fsp3) is 0.417. The van der Waals surface area contributed by atoms with E-state index in [1.54, 1.807) is 13.8 Å². The normalized spacial score (nSPS) is 11.3. The van der Waals surface area contributed by atoms with Gasteiger partial charge in [0.05, 0.1) is 4.47 Å². The minimum Gasteiger partial charge on any atom is -0.482 e. The molecule has 4 nitrogen and oxygen atoms in total. The van der Waals surface area contributed by atoms with Crippen molar-refractivity contribution in [3.63, 3.8) is 0 Å². The van der Waals surface area contributed by atoms with Gasteiger partial charge in [-0.2, -0.15) is 0 Å². The van der Waals surface area contributed by atoms with Crippen LogP contribution >= 0.6 is 15.9 Å². The van der Waals surface area contributed by atoms with Crippen molar-refractivity contribution in [1.29, 1.82) is 0 Å². The molecule has 1 N–H and O–H groups in total. The largest absolute Gasteiger partial charge is 0.573 e. The lowest BCUT2D eigenvalue weighted by atomic mass is 10.3. The molecule has 0 aromatic heterocycles. The predicted octanol–water partition coefficient (Wildman–Crippen LogP) is 3.25. The van der Waals surface area contributed by atoms with Gasteiger partial charge < -0.3 is 14.8 Å². The van der Waals surface area contributed by atoms with Crippen LogP contribution in [0.25, 0.3) is 0 Å². The Morgan fingerprint density at radius 2 is 2.05 bits per heavy atom.